The fourth-order valence-electron chi connectivity index (χ4n) is 4.25. The number of sulfone groups is 1. The Bertz CT molecular complexity index is 1890. The Morgan fingerprint density at radius 1 is 0.872 bits per heavy atom. The van der Waals surface area contributed by atoms with Gasteiger partial charge in [-0.25, -0.2) is 31.2 Å². The molecule has 0 radical (unpaired) electrons. The molecule has 5 rings (SSSR count). The molecule has 5 aromatic rings. The Balaban J connectivity index is 1.83. The summed E-state index contributed by atoms with van der Waals surface area (Å²) in [5, 5.41) is 0. The minimum atomic E-state index is -4.34. The summed E-state index contributed by atoms with van der Waals surface area (Å²) in [7, 11) is -7.10. The Morgan fingerprint density at radius 3 is 2.13 bits per heavy atom. The smallest absolute Gasteiger partial charge is 0.263 e. The number of fused-ring (bicyclic) bond motifs is 2. The molecule has 0 fully saturated rings. The van der Waals surface area contributed by atoms with Gasteiger partial charge in [0, 0.05) is 20.3 Å². The number of aromatic nitrogens is 3. The predicted octanol–water partition coefficient (Wildman–Crippen LogP) is 4.70. The quantitative estimate of drug-likeness (QED) is 0.256. The molecule has 0 amide bonds. The van der Waals surface area contributed by atoms with Crippen LogP contribution in [0, 0.1) is 12.7 Å². The fraction of sp³-hybridized carbons (Fsp3) is 0.185. The molecule has 0 aliphatic rings. The molecule has 0 aliphatic heterocycles. The van der Waals surface area contributed by atoms with Crippen molar-refractivity contribution in [3.63, 3.8) is 0 Å². The monoisotopic (exact) mass is 568 g/mol. The van der Waals surface area contributed by atoms with Gasteiger partial charge in [0.15, 0.2) is 5.65 Å². The van der Waals surface area contributed by atoms with Crippen LogP contribution < -0.4 is 4.72 Å². The van der Waals surface area contributed by atoms with Crippen LogP contribution in [-0.2, 0) is 31.1 Å². The van der Waals surface area contributed by atoms with Crippen molar-refractivity contribution in [3.8, 4) is 0 Å². The average molecular weight is 569 g/mol. The van der Waals surface area contributed by atoms with Crippen LogP contribution in [0.5, 0.6) is 0 Å². The molecule has 2 heterocycles. The number of ether oxygens (including phenoxy) is 1. The summed E-state index contributed by atoms with van der Waals surface area (Å²) in [5.41, 5.74) is 2.06. The molecule has 0 bridgehead atoms. The van der Waals surface area contributed by atoms with Gasteiger partial charge in [-0.1, -0.05) is 29.8 Å². The van der Waals surface area contributed by atoms with Gasteiger partial charge in [-0.2, -0.15) is 0 Å². The number of benzene rings is 3. The van der Waals surface area contributed by atoms with Gasteiger partial charge in [0.25, 0.3) is 10.0 Å². The highest BCUT2D eigenvalue weighted by Gasteiger charge is 2.33. The van der Waals surface area contributed by atoms with Crippen molar-refractivity contribution in [2.45, 2.75) is 34.6 Å². The van der Waals surface area contributed by atoms with Crippen LogP contribution >= 0.6 is 0 Å². The standard InChI is InChI=1S/C27H25FN4O5S2/c1-18-8-12-20(13-9-18)38(33,34)25-24-26(30-23-7-4-3-6-22(23)29-24)32(16-5-17-37-2)27(25)31-39(35,36)21-14-10-19(28)11-15-21/h3-4,6-15,31H,5,16-17H2,1-2H3. The molecule has 39 heavy (non-hydrogen) atoms. The maximum Gasteiger partial charge on any atom is 0.263 e. The van der Waals surface area contributed by atoms with E-state index in [1.54, 1.807) is 36.4 Å². The second-order valence-electron chi connectivity index (χ2n) is 8.94. The number of sulfonamides is 1. The average Bonchev–Trinajstić information content (AvgIpc) is 3.19. The minimum absolute atomic E-state index is 0.0266. The summed E-state index contributed by atoms with van der Waals surface area (Å²) in [5.74, 6) is -0.813. The lowest BCUT2D eigenvalue weighted by atomic mass is 10.2. The second-order valence-corrected chi connectivity index (χ2v) is 12.5. The first kappa shape index (κ1) is 26.7. The van der Waals surface area contributed by atoms with Crippen LogP contribution in [0.2, 0.25) is 0 Å². The van der Waals surface area contributed by atoms with Gasteiger partial charge in [0.2, 0.25) is 9.84 Å². The number of hydrogen-bond donors (Lipinski definition) is 1. The van der Waals surface area contributed by atoms with Crippen LogP contribution in [0.1, 0.15) is 12.0 Å². The number of methoxy groups -OCH3 is 1. The van der Waals surface area contributed by atoms with Gasteiger partial charge in [0.05, 0.1) is 20.8 Å². The first-order chi connectivity index (χ1) is 18.6. The molecule has 9 nitrogen and oxygen atoms in total. The molecule has 1 N–H and O–H groups in total. The van der Waals surface area contributed by atoms with E-state index in [0.717, 1.165) is 29.8 Å². The van der Waals surface area contributed by atoms with Crippen LogP contribution in [0.25, 0.3) is 22.2 Å². The predicted molar refractivity (Wildman–Crippen MR) is 145 cm³/mol. The summed E-state index contributed by atoms with van der Waals surface area (Å²) >= 11 is 0. The highest BCUT2D eigenvalue weighted by atomic mass is 32.2. The van der Waals surface area contributed by atoms with Gasteiger partial charge >= 0.3 is 0 Å². The number of nitrogens with one attached hydrogen (secondary N) is 1. The fourth-order valence-corrected chi connectivity index (χ4v) is 6.93. The zero-order valence-electron chi connectivity index (χ0n) is 21.1. The minimum Gasteiger partial charge on any atom is -0.385 e. The number of nitrogens with zero attached hydrogens (tertiary/aromatic N) is 3. The molecule has 0 saturated carbocycles. The van der Waals surface area contributed by atoms with E-state index in [2.05, 4.69) is 14.7 Å². The normalized spacial score (nSPS) is 12.3. The van der Waals surface area contributed by atoms with E-state index in [0.29, 0.717) is 24.1 Å². The molecular weight excluding hydrogens is 543 g/mol. The van der Waals surface area contributed by atoms with Crippen LogP contribution in [0.4, 0.5) is 10.2 Å². The van der Waals surface area contributed by atoms with Gasteiger partial charge in [0.1, 0.15) is 22.0 Å². The van der Waals surface area contributed by atoms with E-state index < -0.39 is 25.7 Å². The van der Waals surface area contributed by atoms with Gasteiger partial charge < -0.3 is 9.30 Å². The SMILES string of the molecule is COCCCn1c(NS(=O)(=O)c2ccc(F)cc2)c(S(=O)(=O)c2ccc(C)cc2)c2nc3ccccc3nc21. The molecule has 3 aromatic carbocycles. The summed E-state index contributed by atoms with van der Waals surface area (Å²) in [4.78, 5) is 8.74. The Morgan fingerprint density at radius 2 is 1.49 bits per heavy atom. The van der Waals surface area contributed by atoms with E-state index in [9.17, 15) is 21.2 Å². The van der Waals surface area contributed by atoms with E-state index >= 15 is 0 Å². The number of para-hydroxylation sites is 2. The molecule has 202 valence electrons. The lowest BCUT2D eigenvalue weighted by Crippen LogP contribution is -2.19. The zero-order valence-corrected chi connectivity index (χ0v) is 22.8. The van der Waals surface area contributed by atoms with Crippen LogP contribution in [-0.4, -0.2) is 45.1 Å². The number of rotatable bonds is 9. The summed E-state index contributed by atoms with van der Waals surface area (Å²) in [6, 6.07) is 17.5. The van der Waals surface area contributed by atoms with Crippen molar-refractivity contribution in [1.29, 1.82) is 0 Å². The van der Waals surface area contributed by atoms with Crippen LogP contribution in [0.15, 0.2) is 87.5 Å². The summed E-state index contributed by atoms with van der Waals surface area (Å²) in [6.07, 6.45) is 0.435. The van der Waals surface area contributed by atoms with Gasteiger partial charge in [-0.05, 0) is 61.9 Å². The molecule has 0 spiro atoms. The third kappa shape index (κ3) is 5.10. The summed E-state index contributed by atoms with van der Waals surface area (Å²) in [6.45, 7) is 2.35. The Kier molecular flexibility index (Phi) is 7.10. The second kappa shape index (κ2) is 10.4. The van der Waals surface area contributed by atoms with Crippen molar-refractivity contribution >= 4 is 47.9 Å². The van der Waals surface area contributed by atoms with E-state index in [4.69, 9.17) is 4.74 Å². The largest absolute Gasteiger partial charge is 0.385 e. The lowest BCUT2D eigenvalue weighted by molar-refractivity contribution is 0.191. The first-order valence-corrected chi connectivity index (χ1v) is 15.0. The van der Waals surface area contributed by atoms with Crippen molar-refractivity contribution in [2.75, 3.05) is 18.4 Å². The van der Waals surface area contributed by atoms with Crippen LogP contribution in [0.3, 0.4) is 0 Å². The molecule has 2 aromatic heterocycles. The Labute approximate surface area is 225 Å². The Hall–Kier alpha value is -3.87. The topological polar surface area (TPSA) is 120 Å². The molecule has 0 aliphatic carbocycles. The van der Waals surface area contributed by atoms with Gasteiger partial charge in [-0.15, -0.1) is 0 Å². The molecule has 12 heteroatoms. The number of hydrogen-bond acceptors (Lipinski definition) is 7. The lowest BCUT2D eigenvalue weighted by Gasteiger charge is -2.14. The molecule has 0 atom stereocenters. The summed E-state index contributed by atoms with van der Waals surface area (Å²) < 4.78 is 77.9. The molecular formula is C27H25FN4O5S2. The maximum absolute atomic E-state index is 14.1. The zero-order chi connectivity index (χ0) is 27.8. The number of anilines is 1. The molecule has 0 unspecified atom stereocenters. The number of halogens is 1. The highest BCUT2D eigenvalue weighted by molar-refractivity contribution is 7.93. The third-order valence-electron chi connectivity index (χ3n) is 6.19. The van der Waals surface area contributed by atoms with Gasteiger partial charge in [-0.3, -0.25) is 4.72 Å². The van der Waals surface area contributed by atoms with E-state index in [-0.39, 0.29) is 38.2 Å². The van der Waals surface area contributed by atoms with Crippen molar-refractivity contribution in [3.05, 3.63) is 84.2 Å². The van der Waals surface area contributed by atoms with Crippen molar-refractivity contribution in [2.24, 2.45) is 0 Å². The maximum atomic E-state index is 14.1. The van der Waals surface area contributed by atoms with Crippen molar-refractivity contribution < 1.29 is 26.0 Å². The number of aryl methyl sites for hydroxylation is 2. The highest BCUT2D eigenvalue weighted by Crippen LogP contribution is 2.38. The molecule has 0 saturated heterocycles. The van der Waals surface area contributed by atoms with Crippen molar-refractivity contribution in [1.82, 2.24) is 14.5 Å². The third-order valence-corrected chi connectivity index (χ3v) is 9.36. The first-order valence-electron chi connectivity index (χ1n) is 12.0. The van der Waals surface area contributed by atoms with E-state index in [1.165, 1.54) is 23.8 Å². The van der Waals surface area contributed by atoms with E-state index in [1.807, 2.05) is 6.92 Å².